The molecule has 0 aromatic carbocycles. The van der Waals surface area contributed by atoms with Gasteiger partial charge in [0.05, 0.1) is 29.3 Å². The minimum absolute atomic E-state index is 0.261. The van der Waals surface area contributed by atoms with Crippen LogP contribution in [0.5, 0.6) is 0 Å². The molecule has 0 bridgehead atoms. The van der Waals surface area contributed by atoms with Crippen molar-refractivity contribution in [3.8, 4) is 0 Å². The summed E-state index contributed by atoms with van der Waals surface area (Å²) in [6.45, 7) is 2.50. The van der Waals surface area contributed by atoms with E-state index in [9.17, 15) is 4.39 Å². The minimum Gasteiger partial charge on any atom is -0.304 e. The van der Waals surface area contributed by atoms with Gasteiger partial charge in [-0.25, -0.2) is 4.39 Å². The third-order valence-electron chi connectivity index (χ3n) is 4.04. The molecular formula is C17H22FN5. The van der Waals surface area contributed by atoms with E-state index in [1.54, 1.807) is 6.07 Å². The molecule has 122 valence electrons. The van der Waals surface area contributed by atoms with E-state index in [2.05, 4.69) is 19.8 Å². The summed E-state index contributed by atoms with van der Waals surface area (Å²) < 4.78 is 13.0. The molecule has 1 fully saturated rings. The van der Waals surface area contributed by atoms with Gasteiger partial charge in [0, 0.05) is 25.5 Å². The maximum absolute atomic E-state index is 13.0. The van der Waals surface area contributed by atoms with E-state index in [0.717, 1.165) is 43.0 Å². The minimum atomic E-state index is -0.297. The van der Waals surface area contributed by atoms with Crippen molar-refractivity contribution in [2.24, 2.45) is 0 Å². The van der Waals surface area contributed by atoms with Gasteiger partial charge < -0.3 is 4.90 Å². The quantitative estimate of drug-likeness (QED) is 0.848. The van der Waals surface area contributed by atoms with Crippen LogP contribution in [0.15, 0.2) is 30.7 Å². The lowest BCUT2D eigenvalue weighted by molar-refractivity contribution is 0.240. The van der Waals surface area contributed by atoms with Crippen LogP contribution in [0.2, 0.25) is 0 Å². The molecule has 1 aliphatic heterocycles. The van der Waals surface area contributed by atoms with Gasteiger partial charge in [0.25, 0.3) is 0 Å². The lowest BCUT2D eigenvalue weighted by Crippen LogP contribution is -2.24. The van der Waals surface area contributed by atoms with Gasteiger partial charge in [-0.05, 0) is 45.6 Å². The van der Waals surface area contributed by atoms with Crippen molar-refractivity contribution >= 4 is 0 Å². The molecule has 1 saturated heterocycles. The largest absolute Gasteiger partial charge is 0.304 e. The highest BCUT2D eigenvalue weighted by molar-refractivity contribution is 5.11. The number of aromatic nitrogens is 3. The predicted molar refractivity (Wildman–Crippen MR) is 86.0 cm³/mol. The average molecular weight is 315 g/mol. The number of likely N-dealkylation sites (tertiary alicyclic amines) is 1. The molecule has 0 unspecified atom stereocenters. The first-order valence-electron chi connectivity index (χ1n) is 7.92. The summed E-state index contributed by atoms with van der Waals surface area (Å²) in [4.78, 5) is 17.7. The second-order valence-electron chi connectivity index (χ2n) is 6.27. The molecule has 6 heteroatoms. The zero-order chi connectivity index (χ0) is 16.2. The number of rotatable bonds is 5. The van der Waals surface area contributed by atoms with Crippen molar-refractivity contribution in [1.82, 2.24) is 24.8 Å². The van der Waals surface area contributed by atoms with Gasteiger partial charge in [-0.2, -0.15) is 0 Å². The second-order valence-corrected chi connectivity index (χ2v) is 6.27. The standard InChI is InChI=1S/C17H22FN5/c1-22(2)11-15-9-19-10-16(21-15)17-4-3-7-23(17)12-14-6-5-13(18)8-20-14/h5-6,8-10,17H,3-4,7,11-12H2,1-2H3/t17-/m1/s1. The van der Waals surface area contributed by atoms with Crippen LogP contribution in [0.3, 0.4) is 0 Å². The number of pyridine rings is 1. The first-order chi connectivity index (χ1) is 11.1. The van der Waals surface area contributed by atoms with Gasteiger partial charge in [-0.15, -0.1) is 0 Å². The third kappa shape index (κ3) is 4.09. The summed E-state index contributed by atoms with van der Waals surface area (Å²) in [5, 5.41) is 0. The Kier molecular flexibility index (Phi) is 4.93. The van der Waals surface area contributed by atoms with Gasteiger partial charge in [0.1, 0.15) is 5.82 Å². The smallest absolute Gasteiger partial charge is 0.141 e. The van der Waals surface area contributed by atoms with E-state index in [0.29, 0.717) is 6.54 Å². The number of halogens is 1. The van der Waals surface area contributed by atoms with Gasteiger partial charge in [0.15, 0.2) is 0 Å². The molecule has 3 heterocycles. The number of hydrogen-bond acceptors (Lipinski definition) is 5. The second kappa shape index (κ2) is 7.10. The zero-order valence-corrected chi connectivity index (χ0v) is 13.6. The normalized spacial score (nSPS) is 18.7. The molecule has 0 radical (unpaired) electrons. The zero-order valence-electron chi connectivity index (χ0n) is 13.6. The van der Waals surface area contributed by atoms with E-state index in [4.69, 9.17) is 4.98 Å². The topological polar surface area (TPSA) is 45.2 Å². The summed E-state index contributed by atoms with van der Waals surface area (Å²) in [5.41, 5.74) is 2.89. The fourth-order valence-electron chi connectivity index (χ4n) is 3.04. The van der Waals surface area contributed by atoms with E-state index < -0.39 is 0 Å². The van der Waals surface area contributed by atoms with Gasteiger partial charge >= 0.3 is 0 Å². The van der Waals surface area contributed by atoms with Crippen molar-refractivity contribution in [2.75, 3.05) is 20.6 Å². The molecule has 2 aromatic rings. The molecular weight excluding hydrogens is 293 g/mol. The van der Waals surface area contributed by atoms with E-state index >= 15 is 0 Å². The van der Waals surface area contributed by atoms with Gasteiger partial charge in [-0.3, -0.25) is 19.9 Å². The molecule has 3 rings (SSSR count). The Hall–Kier alpha value is -1.92. The SMILES string of the molecule is CN(C)Cc1cncc([C@H]2CCCN2Cc2ccc(F)cn2)n1. The van der Waals surface area contributed by atoms with Crippen LogP contribution in [-0.4, -0.2) is 45.4 Å². The van der Waals surface area contributed by atoms with E-state index in [1.807, 2.05) is 26.5 Å². The Bertz CT molecular complexity index is 644. The van der Waals surface area contributed by atoms with Crippen LogP contribution in [0.25, 0.3) is 0 Å². The summed E-state index contributed by atoms with van der Waals surface area (Å²) in [5.74, 6) is -0.297. The Morgan fingerprint density at radius 2 is 2.09 bits per heavy atom. The lowest BCUT2D eigenvalue weighted by atomic mass is 10.1. The lowest BCUT2D eigenvalue weighted by Gasteiger charge is -2.24. The maximum atomic E-state index is 13.0. The average Bonchev–Trinajstić information content (AvgIpc) is 2.97. The Morgan fingerprint density at radius 3 is 2.83 bits per heavy atom. The number of hydrogen-bond donors (Lipinski definition) is 0. The van der Waals surface area contributed by atoms with Crippen molar-refractivity contribution < 1.29 is 4.39 Å². The van der Waals surface area contributed by atoms with Crippen LogP contribution in [0.1, 0.15) is 36.0 Å². The van der Waals surface area contributed by atoms with Crippen LogP contribution >= 0.6 is 0 Å². The van der Waals surface area contributed by atoms with Crippen LogP contribution in [-0.2, 0) is 13.1 Å². The van der Waals surface area contributed by atoms with Crippen LogP contribution in [0.4, 0.5) is 4.39 Å². The molecule has 0 amide bonds. The molecule has 0 spiro atoms. The molecule has 0 aliphatic carbocycles. The summed E-state index contributed by atoms with van der Waals surface area (Å²) in [6, 6.07) is 3.47. The molecule has 5 nitrogen and oxygen atoms in total. The summed E-state index contributed by atoms with van der Waals surface area (Å²) >= 11 is 0. The Balaban J connectivity index is 1.74. The van der Waals surface area contributed by atoms with E-state index in [-0.39, 0.29) is 11.9 Å². The molecule has 2 aromatic heterocycles. The highest BCUT2D eigenvalue weighted by Gasteiger charge is 2.27. The molecule has 1 aliphatic rings. The maximum Gasteiger partial charge on any atom is 0.141 e. The van der Waals surface area contributed by atoms with E-state index in [1.165, 1.54) is 12.3 Å². The van der Waals surface area contributed by atoms with Crippen molar-refractivity contribution in [3.05, 3.63) is 53.6 Å². The molecule has 0 saturated carbocycles. The third-order valence-corrected chi connectivity index (χ3v) is 4.04. The monoisotopic (exact) mass is 315 g/mol. The number of nitrogens with zero attached hydrogens (tertiary/aromatic N) is 5. The molecule has 1 atom stereocenters. The summed E-state index contributed by atoms with van der Waals surface area (Å²) in [6.07, 6.45) is 7.16. The predicted octanol–water partition coefficient (Wildman–Crippen LogP) is 2.41. The van der Waals surface area contributed by atoms with Crippen molar-refractivity contribution in [1.29, 1.82) is 0 Å². The van der Waals surface area contributed by atoms with Gasteiger partial charge in [0.2, 0.25) is 0 Å². The molecule has 23 heavy (non-hydrogen) atoms. The van der Waals surface area contributed by atoms with Gasteiger partial charge in [-0.1, -0.05) is 0 Å². The van der Waals surface area contributed by atoms with Crippen molar-refractivity contribution in [3.63, 3.8) is 0 Å². The Morgan fingerprint density at radius 1 is 1.22 bits per heavy atom. The fraction of sp³-hybridized carbons (Fsp3) is 0.471. The first kappa shape index (κ1) is 16.0. The van der Waals surface area contributed by atoms with Crippen LogP contribution in [0, 0.1) is 5.82 Å². The highest BCUT2D eigenvalue weighted by atomic mass is 19.1. The fourth-order valence-corrected chi connectivity index (χ4v) is 3.04. The Labute approximate surface area is 136 Å². The highest BCUT2D eigenvalue weighted by Crippen LogP contribution is 2.31. The first-order valence-corrected chi connectivity index (χ1v) is 7.92. The molecule has 0 N–H and O–H groups in total. The summed E-state index contributed by atoms with van der Waals surface area (Å²) in [7, 11) is 4.05. The van der Waals surface area contributed by atoms with Crippen molar-refractivity contribution in [2.45, 2.75) is 32.0 Å². The van der Waals surface area contributed by atoms with Crippen LogP contribution < -0.4 is 0 Å².